The summed E-state index contributed by atoms with van der Waals surface area (Å²) in [6.07, 6.45) is 0.753. The number of rotatable bonds is 3. The second kappa shape index (κ2) is 7.09. The van der Waals surface area contributed by atoms with Gasteiger partial charge in [-0.2, -0.15) is 0 Å². The molecule has 0 fully saturated rings. The van der Waals surface area contributed by atoms with Crippen LogP contribution in [0.3, 0.4) is 0 Å². The van der Waals surface area contributed by atoms with Crippen LogP contribution < -0.4 is 9.64 Å². The van der Waals surface area contributed by atoms with Gasteiger partial charge in [-0.15, -0.1) is 0 Å². The van der Waals surface area contributed by atoms with Gasteiger partial charge in [0.1, 0.15) is 5.75 Å². The highest BCUT2D eigenvalue weighted by Gasteiger charge is 2.30. The molecule has 3 nitrogen and oxygen atoms in total. The second-order valence-corrected chi connectivity index (χ2v) is 7.20. The first-order valence-corrected chi connectivity index (χ1v) is 9.25. The summed E-state index contributed by atoms with van der Waals surface area (Å²) >= 11 is 6.33. The van der Waals surface area contributed by atoms with Crippen LogP contribution in [0, 0.1) is 0 Å². The molecule has 3 aromatic carbocycles. The van der Waals surface area contributed by atoms with Gasteiger partial charge in [-0.05, 0) is 59.5 Å². The number of hydrogen-bond acceptors (Lipinski definition) is 2. The molecular weight excluding hydrogens is 358 g/mol. The van der Waals surface area contributed by atoms with Crippen molar-refractivity contribution in [1.82, 2.24) is 0 Å². The van der Waals surface area contributed by atoms with E-state index < -0.39 is 0 Å². The lowest BCUT2D eigenvalue weighted by Crippen LogP contribution is -2.26. The number of nitrogens with zero attached hydrogens (tertiary/aromatic N) is 1. The van der Waals surface area contributed by atoms with E-state index in [9.17, 15) is 4.79 Å². The number of methoxy groups -OCH3 is 1. The average molecular weight is 378 g/mol. The molecule has 4 heteroatoms. The summed E-state index contributed by atoms with van der Waals surface area (Å²) in [6.45, 7) is 0. The molecule has 0 bridgehead atoms. The van der Waals surface area contributed by atoms with Crippen molar-refractivity contribution in [3.05, 3.63) is 94.0 Å². The van der Waals surface area contributed by atoms with Crippen molar-refractivity contribution in [2.24, 2.45) is 0 Å². The molecule has 3 aromatic rings. The summed E-state index contributed by atoms with van der Waals surface area (Å²) < 4.78 is 5.38. The van der Waals surface area contributed by atoms with E-state index in [1.54, 1.807) is 12.0 Å². The minimum atomic E-state index is 0.00214. The normalized spacial score (nSPS) is 15.7. The zero-order valence-electron chi connectivity index (χ0n) is 15.3. The number of amides is 1. The Kier molecular flexibility index (Phi) is 4.63. The lowest BCUT2D eigenvalue weighted by molar-refractivity contribution is 0.0993. The van der Waals surface area contributed by atoms with Gasteiger partial charge in [0.2, 0.25) is 0 Å². The van der Waals surface area contributed by atoms with Crippen LogP contribution in [0.2, 0.25) is 5.02 Å². The number of ether oxygens (including phenoxy) is 1. The Hall–Kier alpha value is -2.78. The Balaban J connectivity index is 1.91. The fourth-order valence-electron chi connectivity index (χ4n) is 3.82. The molecule has 4 rings (SSSR count). The number of fused-ring (bicyclic) bond motifs is 2. The topological polar surface area (TPSA) is 29.5 Å². The van der Waals surface area contributed by atoms with Crippen molar-refractivity contribution >= 4 is 23.2 Å². The van der Waals surface area contributed by atoms with Crippen LogP contribution in [0.15, 0.2) is 66.7 Å². The van der Waals surface area contributed by atoms with Crippen LogP contribution in [-0.2, 0) is 6.42 Å². The monoisotopic (exact) mass is 377 g/mol. The van der Waals surface area contributed by atoms with Crippen LogP contribution in [0.4, 0.5) is 5.69 Å². The van der Waals surface area contributed by atoms with E-state index in [4.69, 9.17) is 16.3 Å². The van der Waals surface area contributed by atoms with Crippen molar-refractivity contribution in [3.63, 3.8) is 0 Å². The highest BCUT2D eigenvalue weighted by atomic mass is 35.5. The van der Waals surface area contributed by atoms with Crippen LogP contribution in [0.1, 0.15) is 33.0 Å². The van der Waals surface area contributed by atoms with Gasteiger partial charge in [-0.3, -0.25) is 4.79 Å². The molecule has 0 radical (unpaired) electrons. The summed E-state index contributed by atoms with van der Waals surface area (Å²) in [6, 6.07) is 21.7. The molecule has 1 atom stereocenters. The molecule has 1 heterocycles. The summed E-state index contributed by atoms with van der Waals surface area (Å²) in [5.41, 5.74) is 4.87. The van der Waals surface area contributed by atoms with Gasteiger partial charge >= 0.3 is 0 Å². The van der Waals surface area contributed by atoms with Gasteiger partial charge in [-0.25, -0.2) is 0 Å². The van der Waals surface area contributed by atoms with E-state index in [1.807, 2.05) is 67.7 Å². The lowest BCUT2D eigenvalue weighted by atomic mass is 9.83. The molecular formula is C23H20ClNO2. The zero-order chi connectivity index (χ0) is 19.0. The number of anilines is 1. The van der Waals surface area contributed by atoms with Crippen molar-refractivity contribution < 1.29 is 9.53 Å². The molecule has 1 aliphatic heterocycles. The van der Waals surface area contributed by atoms with Crippen molar-refractivity contribution in [1.29, 1.82) is 0 Å². The maximum Gasteiger partial charge on any atom is 0.258 e. The summed E-state index contributed by atoms with van der Waals surface area (Å²) in [7, 11) is 3.49. The lowest BCUT2D eigenvalue weighted by Gasteiger charge is -2.22. The molecule has 0 aromatic heterocycles. The van der Waals surface area contributed by atoms with Crippen molar-refractivity contribution in [2.75, 3.05) is 19.1 Å². The minimum Gasteiger partial charge on any atom is -0.497 e. The number of hydrogen-bond donors (Lipinski definition) is 0. The first-order chi connectivity index (χ1) is 13.1. The quantitative estimate of drug-likeness (QED) is 0.618. The molecule has 136 valence electrons. The van der Waals surface area contributed by atoms with Gasteiger partial charge in [0.25, 0.3) is 5.91 Å². The highest BCUT2D eigenvalue weighted by Crippen LogP contribution is 2.41. The summed E-state index contributed by atoms with van der Waals surface area (Å²) in [5.74, 6) is 0.854. The van der Waals surface area contributed by atoms with Crippen LogP contribution in [0.5, 0.6) is 5.75 Å². The SMILES string of the molecule is COc1cccc(CC2c3ccccc3C(=O)N(C)c3ccc(Cl)cc32)c1. The molecule has 1 amide bonds. The standard InChI is InChI=1S/C23H20ClNO2/c1-25-22-11-10-16(24)14-21(22)20(13-15-6-5-7-17(12-15)27-2)18-8-3-4-9-19(18)23(25)26/h3-12,14,20H,13H2,1-2H3. The molecule has 0 aliphatic carbocycles. The van der Waals surface area contributed by atoms with Crippen molar-refractivity contribution in [2.45, 2.75) is 12.3 Å². The molecule has 1 unspecified atom stereocenters. The molecule has 1 aliphatic rings. The van der Waals surface area contributed by atoms with Gasteiger partial charge in [0, 0.05) is 29.2 Å². The smallest absolute Gasteiger partial charge is 0.258 e. The molecule has 0 saturated carbocycles. The fourth-order valence-corrected chi connectivity index (χ4v) is 4.00. The predicted molar refractivity (Wildman–Crippen MR) is 109 cm³/mol. The minimum absolute atomic E-state index is 0.00214. The Morgan fingerprint density at radius 1 is 1.00 bits per heavy atom. The van der Waals surface area contributed by atoms with Gasteiger partial charge in [0.15, 0.2) is 0 Å². The summed E-state index contributed by atoms with van der Waals surface area (Å²) in [5, 5.41) is 0.671. The Morgan fingerprint density at radius 3 is 2.63 bits per heavy atom. The fraction of sp³-hybridized carbons (Fsp3) is 0.174. The Labute approximate surface area is 164 Å². The Morgan fingerprint density at radius 2 is 1.81 bits per heavy atom. The van der Waals surface area contributed by atoms with Crippen molar-refractivity contribution in [3.8, 4) is 5.75 Å². The van der Waals surface area contributed by atoms with Gasteiger partial charge in [0.05, 0.1) is 7.11 Å². The molecule has 0 spiro atoms. The Bertz CT molecular complexity index is 1010. The third-order valence-corrected chi connectivity index (χ3v) is 5.41. The zero-order valence-corrected chi connectivity index (χ0v) is 16.0. The number of carbonyl (C=O) groups is 1. The maximum atomic E-state index is 13.1. The van der Waals surface area contributed by atoms with E-state index in [2.05, 4.69) is 6.07 Å². The van der Waals surface area contributed by atoms with E-state index >= 15 is 0 Å². The molecule has 27 heavy (non-hydrogen) atoms. The number of halogens is 1. The maximum absolute atomic E-state index is 13.1. The average Bonchev–Trinajstić information content (AvgIpc) is 2.78. The third-order valence-electron chi connectivity index (χ3n) is 5.17. The van der Waals surface area contributed by atoms with E-state index in [0.717, 1.165) is 40.1 Å². The second-order valence-electron chi connectivity index (χ2n) is 6.76. The van der Waals surface area contributed by atoms with Crippen LogP contribution >= 0.6 is 11.6 Å². The number of benzene rings is 3. The van der Waals surface area contributed by atoms with E-state index in [-0.39, 0.29) is 11.8 Å². The summed E-state index contributed by atoms with van der Waals surface area (Å²) in [4.78, 5) is 14.8. The van der Waals surface area contributed by atoms with Crippen LogP contribution in [-0.4, -0.2) is 20.1 Å². The largest absolute Gasteiger partial charge is 0.497 e. The highest BCUT2D eigenvalue weighted by molar-refractivity contribution is 6.30. The number of carbonyl (C=O) groups excluding carboxylic acids is 1. The van der Waals surface area contributed by atoms with E-state index in [0.29, 0.717) is 5.02 Å². The van der Waals surface area contributed by atoms with E-state index in [1.165, 1.54) is 0 Å². The first-order valence-electron chi connectivity index (χ1n) is 8.88. The van der Waals surface area contributed by atoms with Gasteiger partial charge < -0.3 is 9.64 Å². The predicted octanol–water partition coefficient (Wildman–Crippen LogP) is 5.31. The van der Waals surface area contributed by atoms with Crippen LogP contribution in [0.25, 0.3) is 0 Å². The first kappa shape index (κ1) is 17.6. The third kappa shape index (κ3) is 3.19. The van der Waals surface area contributed by atoms with Gasteiger partial charge in [-0.1, -0.05) is 41.9 Å². The molecule has 0 N–H and O–H groups in total. The molecule has 0 saturated heterocycles.